The zero-order valence-corrected chi connectivity index (χ0v) is 8.34. The predicted molar refractivity (Wildman–Crippen MR) is 58.2 cm³/mol. The summed E-state index contributed by atoms with van der Waals surface area (Å²) in [5, 5.41) is 9.50. The summed E-state index contributed by atoms with van der Waals surface area (Å²) in [6.45, 7) is -0.0785. The van der Waals surface area contributed by atoms with Crippen LogP contribution < -0.4 is 0 Å². The molecule has 0 aliphatic carbocycles. The van der Waals surface area contributed by atoms with Gasteiger partial charge in [-0.3, -0.25) is 0 Å². The second kappa shape index (κ2) is 4.23. The van der Waals surface area contributed by atoms with Crippen molar-refractivity contribution in [1.29, 1.82) is 0 Å². The summed E-state index contributed by atoms with van der Waals surface area (Å²) in [5.74, 6) is 5.47. The summed E-state index contributed by atoms with van der Waals surface area (Å²) < 4.78 is 1.19. The maximum atomic E-state index is 8.49. The summed E-state index contributed by atoms with van der Waals surface area (Å²) in [7, 11) is 0. The van der Waals surface area contributed by atoms with Gasteiger partial charge in [-0.05, 0) is 12.1 Å². The van der Waals surface area contributed by atoms with E-state index in [0.717, 1.165) is 10.5 Å². The number of benzene rings is 1. The highest BCUT2D eigenvalue weighted by Crippen LogP contribution is 2.21. The van der Waals surface area contributed by atoms with E-state index in [2.05, 4.69) is 22.9 Å². The van der Waals surface area contributed by atoms with Crippen LogP contribution >= 0.6 is 11.3 Å². The number of aromatic nitrogens is 1. The second-order valence-corrected chi connectivity index (χ2v) is 3.88. The highest BCUT2D eigenvalue weighted by atomic mass is 32.1. The summed E-state index contributed by atoms with van der Waals surface area (Å²) >= 11 is 1.65. The van der Waals surface area contributed by atoms with Crippen LogP contribution in [0.5, 0.6) is 0 Å². The first-order valence-electron chi connectivity index (χ1n) is 4.31. The molecule has 0 bridgehead atoms. The summed E-state index contributed by atoms with van der Waals surface area (Å²) in [5.41, 5.74) is 1.03. The Balaban J connectivity index is 2.27. The van der Waals surface area contributed by atoms with E-state index in [1.54, 1.807) is 11.3 Å². The molecule has 0 radical (unpaired) electrons. The van der Waals surface area contributed by atoms with Gasteiger partial charge in [-0.25, -0.2) is 4.98 Å². The van der Waals surface area contributed by atoms with Gasteiger partial charge in [0.2, 0.25) is 0 Å². The number of para-hydroxylation sites is 1. The Labute approximate surface area is 86.2 Å². The van der Waals surface area contributed by atoms with E-state index >= 15 is 0 Å². The molecule has 0 unspecified atom stereocenters. The molecular formula is C11H9NOS. The number of fused-ring (bicyclic) bond motifs is 1. The Kier molecular flexibility index (Phi) is 2.78. The summed E-state index contributed by atoms with van der Waals surface area (Å²) in [4.78, 5) is 4.42. The van der Waals surface area contributed by atoms with Gasteiger partial charge in [-0.1, -0.05) is 24.0 Å². The van der Waals surface area contributed by atoms with Gasteiger partial charge in [0, 0.05) is 0 Å². The molecule has 0 amide bonds. The number of aliphatic hydroxyl groups excluding tert-OH is 1. The molecule has 0 fully saturated rings. The Morgan fingerprint density at radius 2 is 2.14 bits per heavy atom. The second-order valence-electron chi connectivity index (χ2n) is 2.76. The highest BCUT2D eigenvalue weighted by Gasteiger charge is 2.00. The number of hydrogen-bond acceptors (Lipinski definition) is 3. The molecule has 14 heavy (non-hydrogen) atoms. The van der Waals surface area contributed by atoms with Crippen molar-refractivity contribution in [3.05, 3.63) is 29.3 Å². The van der Waals surface area contributed by atoms with E-state index in [4.69, 9.17) is 5.11 Å². The third-order valence-electron chi connectivity index (χ3n) is 1.78. The average molecular weight is 203 g/mol. The lowest BCUT2D eigenvalue weighted by molar-refractivity contribution is 0.350. The van der Waals surface area contributed by atoms with Crippen molar-refractivity contribution in [1.82, 2.24) is 4.98 Å². The van der Waals surface area contributed by atoms with Crippen molar-refractivity contribution >= 4 is 21.6 Å². The minimum atomic E-state index is -0.0785. The van der Waals surface area contributed by atoms with Crippen LogP contribution in [0.2, 0.25) is 0 Å². The predicted octanol–water partition coefficient (Wildman–Crippen LogP) is 1.83. The number of rotatable bonds is 1. The number of thiazole rings is 1. The number of hydrogen-bond donors (Lipinski definition) is 1. The number of aliphatic hydroxyl groups is 1. The van der Waals surface area contributed by atoms with Crippen molar-refractivity contribution in [3.63, 3.8) is 0 Å². The van der Waals surface area contributed by atoms with Crippen molar-refractivity contribution in [3.8, 4) is 11.8 Å². The lowest BCUT2D eigenvalue weighted by Gasteiger charge is -1.81. The van der Waals surface area contributed by atoms with E-state index in [9.17, 15) is 0 Å². The normalized spacial score (nSPS) is 9.79. The molecule has 70 valence electrons. The maximum Gasteiger partial charge on any atom is 0.106 e. The third-order valence-corrected chi connectivity index (χ3v) is 2.82. The molecule has 1 heterocycles. The van der Waals surface area contributed by atoms with Gasteiger partial charge >= 0.3 is 0 Å². The van der Waals surface area contributed by atoms with E-state index in [0.29, 0.717) is 6.42 Å². The van der Waals surface area contributed by atoms with Crippen LogP contribution in [0.15, 0.2) is 24.3 Å². The van der Waals surface area contributed by atoms with Gasteiger partial charge in [-0.15, -0.1) is 11.3 Å². The van der Waals surface area contributed by atoms with Crippen LogP contribution in [0.4, 0.5) is 0 Å². The fraction of sp³-hybridized carbons (Fsp3) is 0.182. The van der Waals surface area contributed by atoms with Gasteiger partial charge in [-0.2, -0.15) is 0 Å². The Bertz CT molecular complexity index is 459. The van der Waals surface area contributed by atoms with Gasteiger partial charge < -0.3 is 5.11 Å². The third kappa shape index (κ3) is 1.92. The molecule has 0 spiro atoms. The Hall–Kier alpha value is -1.37. The lowest BCUT2D eigenvalue weighted by atomic mass is 10.3. The molecule has 0 saturated heterocycles. The number of nitrogens with zero attached hydrogens (tertiary/aromatic N) is 1. The van der Waals surface area contributed by atoms with E-state index in [1.807, 2.05) is 18.2 Å². The quantitative estimate of drug-likeness (QED) is 0.717. The largest absolute Gasteiger partial charge is 0.384 e. The average Bonchev–Trinajstić information content (AvgIpc) is 2.60. The molecule has 1 aromatic carbocycles. The molecule has 0 saturated carbocycles. The van der Waals surface area contributed by atoms with Crippen LogP contribution in [0.1, 0.15) is 5.01 Å². The molecule has 3 heteroatoms. The first kappa shape index (κ1) is 9.20. The smallest absolute Gasteiger partial charge is 0.106 e. The van der Waals surface area contributed by atoms with Crippen LogP contribution in [0.3, 0.4) is 0 Å². The zero-order valence-electron chi connectivity index (χ0n) is 7.53. The standard InChI is InChI=1S/C11H9NOS/c13-8-4-3-7-11-12-9-5-1-2-6-10(9)14-11/h1-2,5-6,13H,7-8H2. The SMILES string of the molecule is OCC#CCc1nc2ccccc2s1. The topological polar surface area (TPSA) is 33.1 Å². The van der Waals surface area contributed by atoms with Crippen LogP contribution in [0.25, 0.3) is 10.2 Å². The fourth-order valence-electron chi connectivity index (χ4n) is 1.19. The van der Waals surface area contributed by atoms with Crippen molar-refractivity contribution in [2.45, 2.75) is 6.42 Å². The molecule has 0 aliphatic rings. The first-order valence-corrected chi connectivity index (χ1v) is 5.13. The van der Waals surface area contributed by atoms with Crippen molar-refractivity contribution in [2.24, 2.45) is 0 Å². The molecule has 1 N–H and O–H groups in total. The Morgan fingerprint density at radius 3 is 2.93 bits per heavy atom. The molecule has 2 aromatic rings. The molecule has 0 aliphatic heterocycles. The fourth-order valence-corrected chi connectivity index (χ4v) is 2.10. The van der Waals surface area contributed by atoms with Gasteiger partial charge in [0.25, 0.3) is 0 Å². The minimum absolute atomic E-state index is 0.0785. The van der Waals surface area contributed by atoms with Crippen LogP contribution in [0, 0.1) is 11.8 Å². The molecule has 0 atom stereocenters. The highest BCUT2D eigenvalue weighted by molar-refractivity contribution is 7.18. The van der Waals surface area contributed by atoms with Crippen LogP contribution in [-0.4, -0.2) is 16.7 Å². The first-order chi connectivity index (χ1) is 6.90. The lowest BCUT2D eigenvalue weighted by Crippen LogP contribution is -1.79. The van der Waals surface area contributed by atoms with E-state index < -0.39 is 0 Å². The molecule has 2 nitrogen and oxygen atoms in total. The van der Waals surface area contributed by atoms with Crippen LogP contribution in [-0.2, 0) is 6.42 Å². The van der Waals surface area contributed by atoms with Gasteiger partial charge in [0.1, 0.15) is 11.6 Å². The Morgan fingerprint density at radius 1 is 1.29 bits per heavy atom. The maximum absolute atomic E-state index is 8.49. The molecule has 1 aromatic heterocycles. The molecule has 2 rings (SSSR count). The van der Waals surface area contributed by atoms with E-state index in [-0.39, 0.29) is 6.61 Å². The van der Waals surface area contributed by atoms with E-state index in [1.165, 1.54) is 4.70 Å². The van der Waals surface area contributed by atoms with Crippen molar-refractivity contribution < 1.29 is 5.11 Å². The van der Waals surface area contributed by atoms with Crippen molar-refractivity contribution in [2.75, 3.05) is 6.61 Å². The van der Waals surface area contributed by atoms with Gasteiger partial charge in [0.05, 0.1) is 16.6 Å². The summed E-state index contributed by atoms with van der Waals surface area (Å²) in [6.07, 6.45) is 0.625. The van der Waals surface area contributed by atoms with Gasteiger partial charge in [0.15, 0.2) is 0 Å². The zero-order chi connectivity index (χ0) is 9.80. The minimum Gasteiger partial charge on any atom is -0.384 e. The monoisotopic (exact) mass is 203 g/mol. The molecular weight excluding hydrogens is 194 g/mol. The summed E-state index contributed by atoms with van der Waals surface area (Å²) in [6, 6.07) is 8.03.